The summed E-state index contributed by atoms with van der Waals surface area (Å²) in [7, 11) is 1.87. The van der Waals surface area contributed by atoms with Gasteiger partial charge >= 0.3 is 0 Å². The van der Waals surface area contributed by atoms with E-state index in [-0.39, 0.29) is 24.4 Å². The summed E-state index contributed by atoms with van der Waals surface area (Å²) >= 11 is 1.91. The second-order valence-corrected chi connectivity index (χ2v) is 4.63. The SMILES string of the molecule is CC[C@H](N)C(=O)N(C)C1CCSC1.Cl. The van der Waals surface area contributed by atoms with Crippen LogP contribution in [0.5, 0.6) is 0 Å². The third kappa shape index (κ3) is 3.33. The molecule has 1 unspecified atom stereocenters. The molecule has 0 spiro atoms. The normalized spacial score (nSPS) is 22.6. The van der Waals surface area contributed by atoms with Crippen molar-refractivity contribution in [2.75, 3.05) is 18.6 Å². The number of hydrogen-bond acceptors (Lipinski definition) is 3. The van der Waals surface area contributed by atoms with Crippen molar-refractivity contribution in [3.63, 3.8) is 0 Å². The van der Waals surface area contributed by atoms with Crippen LogP contribution in [-0.2, 0) is 4.79 Å². The van der Waals surface area contributed by atoms with E-state index >= 15 is 0 Å². The molecule has 0 aromatic rings. The highest BCUT2D eigenvalue weighted by Gasteiger charge is 2.26. The van der Waals surface area contributed by atoms with Crippen molar-refractivity contribution in [2.45, 2.75) is 31.8 Å². The topological polar surface area (TPSA) is 46.3 Å². The van der Waals surface area contributed by atoms with Crippen molar-refractivity contribution in [3.05, 3.63) is 0 Å². The van der Waals surface area contributed by atoms with Gasteiger partial charge in [-0.15, -0.1) is 12.4 Å². The summed E-state index contributed by atoms with van der Waals surface area (Å²) in [6, 6.07) is 0.102. The Morgan fingerprint density at radius 3 is 2.79 bits per heavy atom. The van der Waals surface area contributed by atoms with E-state index in [4.69, 9.17) is 5.73 Å². The molecule has 1 heterocycles. The Kier molecular flexibility index (Phi) is 6.57. The lowest BCUT2D eigenvalue weighted by atomic mass is 10.1. The van der Waals surface area contributed by atoms with Crippen molar-refractivity contribution in [3.8, 4) is 0 Å². The number of hydrogen-bond donors (Lipinski definition) is 1. The van der Waals surface area contributed by atoms with E-state index < -0.39 is 0 Å². The van der Waals surface area contributed by atoms with Crippen LogP contribution >= 0.6 is 24.2 Å². The molecule has 3 nitrogen and oxygen atoms in total. The van der Waals surface area contributed by atoms with Crippen LogP contribution in [0.25, 0.3) is 0 Å². The Morgan fingerprint density at radius 2 is 2.36 bits per heavy atom. The molecule has 1 amide bonds. The van der Waals surface area contributed by atoms with Crippen LogP contribution in [0.2, 0.25) is 0 Å². The van der Waals surface area contributed by atoms with Gasteiger partial charge in [0.05, 0.1) is 6.04 Å². The van der Waals surface area contributed by atoms with Gasteiger partial charge in [0.15, 0.2) is 0 Å². The van der Waals surface area contributed by atoms with Gasteiger partial charge in [0.1, 0.15) is 0 Å². The number of carbonyl (C=O) groups is 1. The van der Waals surface area contributed by atoms with Crippen LogP contribution in [0.4, 0.5) is 0 Å². The molecular formula is C9H19ClN2OS. The van der Waals surface area contributed by atoms with Crippen LogP contribution in [0, 0.1) is 0 Å². The predicted octanol–water partition coefficient (Wildman–Crippen LogP) is 1.11. The molecule has 1 aliphatic heterocycles. The van der Waals surface area contributed by atoms with Crippen LogP contribution in [-0.4, -0.2) is 41.4 Å². The summed E-state index contributed by atoms with van der Waals surface area (Å²) in [6.45, 7) is 1.94. The quantitative estimate of drug-likeness (QED) is 0.801. The molecule has 84 valence electrons. The summed E-state index contributed by atoms with van der Waals surface area (Å²) in [5.41, 5.74) is 5.69. The van der Waals surface area contributed by atoms with Gasteiger partial charge in [-0.25, -0.2) is 0 Å². The number of carbonyl (C=O) groups excluding carboxylic acids is 1. The second kappa shape index (κ2) is 6.53. The minimum atomic E-state index is -0.310. The Bertz CT molecular complexity index is 186. The lowest BCUT2D eigenvalue weighted by Gasteiger charge is -2.26. The summed E-state index contributed by atoms with van der Waals surface area (Å²) < 4.78 is 0. The monoisotopic (exact) mass is 238 g/mol. The number of halogens is 1. The zero-order valence-electron chi connectivity index (χ0n) is 8.73. The number of nitrogens with two attached hydrogens (primary N) is 1. The van der Waals surface area contributed by atoms with E-state index in [1.165, 1.54) is 5.75 Å². The van der Waals surface area contributed by atoms with Crippen molar-refractivity contribution in [2.24, 2.45) is 5.73 Å². The molecule has 0 radical (unpaired) electrons. The van der Waals surface area contributed by atoms with Crippen molar-refractivity contribution in [1.82, 2.24) is 4.90 Å². The first kappa shape index (κ1) is 14.1. The Hall–Kier alpha value is 0.0700. The van der Waals surface area contributed by atoms with Gasteiger partial charge in [0.2, 0.25) is 5.91 Å². The molecule has 1 aliphatic rings. The van der Waals surface area contributed by atoms with Crippen LogP contribution in [0.1, 0.15) is 19.8 Å². The lowest BCUT2D eigenvalue weighted by molar-refractivity contribution is -0.132. The fraction of sp³-hybridized carbons (Fsp3) is 0.889. The Balaban J connectivity index is 0.00000169. The highest BCUT2D eigenvalue weighted by molar-refractivity contribution is 7.99. The molecule has 0 aromatic carbocycles. The van der Waals surface area contributed by atoms with Gasteiger partial charge < -0.3 is 10.6 Å². The highest BCUT2D eigenvalue weighted by Crippen LogP contribution is 2.21. The number of likely N-dealkylation sites (N-methyl/N-ethyl adjacent to an activating group) is 1. The number of rotatable bonds is 3. The van der Waals surface area contributed by atoms with E-state index in [0.717, 1.165) is 18.6 Å². The van der Waals surface area contributed by atoms with Gasteiger partial charge in [0.25, 0.3) is 0 Å². The number of thioether (sulfide) groups is 1. The standard InChI is InChI=1S/C9H18N2OS.ClH/c1-3-8(10)9(12)11(2)7-4-5-13-6-7;/h7-8H,3-6,10H2,1-2H3;1H/t7?,8-;/m0./s1. The van der Waals surface area contributed by atoms with Gasteiger partial charge in [-0.2, -0.15) is 11.8 Å². The average Bonchev–Trinajstić information content (AvgIpc) is 2.67. The molecule has 0 saturated carbocycles. The number of amides is 1. The van der Waals surface area contributed by atoms with Gasteiger partial charge in [0, 0.05) is 18.8 Å². The minimum absolute atomic E-state index is 0. The first-order chi connectivity index (χ1) is 6.16. The lowest BCUT2D eigenvalue weighted by Crippen LogP contribution is -2.46. The molecular weight excluding hydrogens is 220 g/mol. The number of nitrogens with zero attached hydrogens (tertiary/aromatic N) is 1. The van der Waals surface area contributed by atoms with Crippen molar-refractivity contribution < 1.29 is 4.79 Å². The van der Waals surface area contributed by atoms with Crippen molar-refractivity contribution in [1.29, 1.82) is 0 Å². The first-order valence-electron chi connectivity index (χ1n) is 4.76. The third-order valence-electron chi connectivity index (χ3n) is 2.56. The highest BCUT2D eigenvalue weighted by atomic mass is 35.5. The molecule has 5 heteroatoms. The minimum Gasteiger partial charge on any atom is -0.341 e. The molecule has 2 N–H and O–H groups in total. The van der Waals surface area contributed by atoms with Gasteiger partial charge in [-0.05, 0) is 18.6 Å². The fourth-order valence-corrected chi connectivity index (χ4v) is 2.71. The maximum Gasteiger partial charge on any atom is 0.239 e. The first-order valence-corrected chi connectivity index (χ1v) is 5.92. The average molecular weight is 239 g/mol. The zero-order chi connectivity index (χ0) is 9.84. The smallest absolute Gasteiger partial charge is 0.239 e. The van der Waals surface area contributed by atoms with E-state index in [1.807, 2.05) is 30.6 Å². The van der Waals surface area contributed by atoms with Crippen molar-refractivity contribution >= 4 is 30.1 Å². The summed E-state index contributed by atoms with van der Waals surface area (Å²) in [4.78, 5) is 13.5. The van der Waals surface area contributed by atoms with E-state index in [1.54, 1.807) is 0 Å². The van der Waals surface area contributed by atoms with Gasteiger partial charge in [-0.1, -0.05) is 6.92 Å². The Labute approximate surface area is 96.2 Å². The fourth-order valence-electron chi connectivity index (χ4n) is 1.44. The molecule has 0 bridgehead atoms. The van der Waals surface area contributed by atoms with Crippen LogP contribution in [0.15, 0.2) is 0 Å². The van der Waals surface area contributed by atoms with E-state index in [9.17, 15) is 4.79 Å². The van der Waals surface area contributed by atoms with Crippen LogP contribution in [0.3, 0.4) is 0 Å². The third-order valence-corrected chi connectivity index (χ3v) is 3.70. The maximum atomic E-state index is 11.7. The maximum absolute atomic E-state index is 11.7. The summed E-state index contributed by atoms with van der Waals surface area (Å²) in [6.07, 6.45) is 1.84. The molecule has 0 aromatic heterocycles. The molecule has 0 aliphatic carbocycles. The molecule has 1 saturated heterocycles. The molecule has 1 fully saturated rings. The summed E-state index contributed by atoms with van der Waals surface area (Å²) in [5, 5.41) is 0. The predicted molar refractivity (Wildman–Crippen MR) is 64.0 cm³/mol. The summed E-state index contributed by atoms with van der Waals surface area (Å²) in [5.74, 6) is 2.33. The molecule has 14 heavy (non-hydrogen) atoms. The van der Waals surface area contributed by atoms with E-state index in [2.05, 4.69) is 0 Å². The zero-order valence-corrected chi connectivity index (χ0v) is 10.4. The molecule has 1 rings (SSSR count). The largest absolute Gasteiger partial charge is 0.341 e. The van der Waals surface area contributed by atoms with E-state index in [0.29, 0.717) is 6.04 Å². The Morgan fingerprint density at radius 1 is 1.71 bits per heavy atom. The second-order valence-electron chi connectivity index (χ2n) is 3.48. The van der Waals surface area contributed by atoms with Gasteiger partial charge in [-0.3, -0.25) is 4.79 Å². The molecule has 2 atom stereocenters. The van der Waals surface area contributed by atoms with Crippen LogP contribution < -0.4 is 5.73 Å².